The van der Waals surface area contributed by atoms with Gasteiger partial charge in [0.05, 0.1) is 24.7 Å². The van der Waals surface area contributed by atoms with Gasteiger partial charge in [-0.2, -0.15) is 0 Å². The second kappa shape index (κ2) is 5.40. The summed E-state index contributed by atoms with van der Waals surface area (Å²) >= 11 is 1.55. The van der Waals surface area contributed by atoms with Gasteiger partial charge in [-0.05, 0) is 17.5 Å². The zero-order valence-corrected chi connectivity index (χ0v) is 13.0. The summed E-state index contributed by atoms with van der Waals surface area (Å²) in [7, 11) is -2.01. The van der Waals surface area contributed by atoms with Gasteiger partial charge in [-0.25, -0.2) is 8.42 Å². The van der Waals surface area contributed by atoms with Gasteiger partial charge in [-0.1, -0.05) is 18.2 Å². The van der Waals surface area contributed by atoms with Gasteiger partial charge < -0.3 is 4.74 Å². The molecule has 21 heavy (non-hydrogen) atoms. The zero-order chi connectivity index (χ0) is 15.0. The predicted molar refractivity (Wildman–Crippen MR) is 82.2 cm³/mol. The number of esters is 1. The number of carbonyl (C=O) groups excluding carboxylic acids is 1. The maximum Gasteiger partial charge on any atom is 0.323 e. The third-order valence-corrected chi connectivity index (χ3v) is 6.43. The standard InChI is InChI=1S/C14H15NO4S2/c1-19-14(16)11-8-21(17,18)7-10(15-11)13-6-9-4-2-3-5-12(9)20-13/h2-6,10-11,15H,7-8H2,1H3. The van der Waals surface area contributed by atoms with E-state index in [1.165, 1.54) is 7.11 Å². The monoisotopic (exact) mass is 325 g/mol. The molecule has 1 aromatic heterocycles. The third kappa shape index (κ3) is 2.95. The molecule has 0 spiro atoms. The minimum absolute atomic E-state index is 0.00726. The summed E-state index contributed by atoms with van der Waals surface area (Å²) in [6.07, 6.45) is 0. The van der Waals surface area contributed by atoms with Gasteiger partial charge in [0.2, 0.25) is 0 Å². The molecule has 1 fully saturated rings. The van der Waals surface area contributed by atoms with Crippen molar-refractivity contribution in [1.82, 2.24) is 5.32 Å². The first-order chi connectivity index (χ1) is 9.98. The highest BCUT2D eigenvalue weighted by Crippen LogP contribution is 2.32. The first-order valence-electron chi connectivity index (χ1n) is 6.51. The third-order valence-electron chi connectivity index (χ3n) is 3.52. The fourth-order valence-electron chi connectivity index (χ4n) is 2.53. The van der Waals surface area contributed by atoms with Crippen LogP contribution in [0.3, 0.4) is 0 Å². The van der Waals surface area contributed by atoms with Crippen molar-refractivity contribution >= 4 is 37.2 Å². The van der Waals surface area contributed by atoms with Crippen LogP contribution in [0.25, 0.3) is 10.1 Å². The molecule has 1 saturated heterocycles. The zero-order valence-electron chi connectivity index (χ0n) is 11.4. The lowest BCUT2D eigenvalue weighted by Crippen LogP contribution is -2.51. The summed E-state index contributed by atoms with van der Waals surface area (Å²) < 4.78 is 29.8. The Morgan fingerprint density at radius 2 is 2.10 bits per heavy atom. The van der Waals surface area contributed by atoms with Crippen molar-refractivity contribution in [3.63, 3.8) is 0 Å². The summed E-state index contributed by atoms with van der Waals surface area (Å²) in [4.78, 5) is 12.6. The van der Waals surface area contributed by atoms with Crippen LogP contribution in [0.4, 0.5) is 0 Å². The van der Waals surface area contributed by atoms with E-state index in [0.717, 1.165) is 15.0 Å². The molecule has 0 saturated carbocycles. The second-order valence-electron chi connectivity index (χ2n) is 5.06. The highest BCUT2D eigenvalue weighted by atomic mass is 32.2. The number of fused-ring (bicyclic) bond motifs is 1. The summed E-state index contributed by atoms with van der Waals surface area (Å²) in [5, 5.41) is 4.17. The highest BCUT2D eigenvalue weighted by Gasteiger charge is 2.36. The van der Waals surface area contributed by atoms with Crippen molar-refractivity contribution < 1.29 is 17.9 Å². The maximum atomic E-state index is 12.0. The Hall–Kier alpha value is -1.44. The van der Waals surface area contributed by atoms with E-state index in [-0.39, 0.29) is 17.5 Å². The number of sulfone groups is 1. The molecule has 0 aliphatic carbocycles. The first kappa shape index (κ1) is 14.5. The number of carbonyl (C=O) groups is 1. The van der Waals surface area contributed by atoms with Gasteiger partial charge in [0.25, 0.3) is 0 Å². The fourth-order valence-corrected chi connectivity index (χ4v) is 5.42. The van der Waals surface area contributed by atoms with Gasteiger partial charge in [0.1, 0.15) is 6.04 Å². The number of nitrogens with one attached hydrogen (secondary N) is 1. The molecule has 0 amide bonds. The van der Waals surface area contributed by atoms with Crippen molar-refractivity contribution in [2.45, 2.75) is 12.1 Å². The molecule has 1 N–H and O–H groups in total. The SMILES string of the molecule is COC(=O)C1CS(=O)(=O)CC(c2cc3ccccc3s2)N1. The van der Waals surface area contributed by atoms with Crippen LogP contribution in [0.5, 0.6) is 0 Å². The second-order valence-corrected chi connectivity index (χ2v) is 8.33. The lowest BCUT2D eigenvalue weighted by atomic mass is 10.2. The number of ether oxygens (including phenoxy) is 1. The van der Waals surface area contributed by atoms with E-state index in [4.69, 9.17) is 0 Å². The van der Waals surface area contributed by atoms with Crippen LogP contribution in [0.15, 0.2) is 30.3 Å². The molecule has 7 heteroatoms. The molecule has 0 bridgehead atoms. The summed E-state index contributed by atoms with van der Waals surface area (Å²) in [5.41, 5.74) is 0. The van der Waals surface area contributed by atoms with Crippen molar-refractivity contribution in [3.05, 3.63) is 35.2 Å². The van der Waals surface area contributed by atoms with E-state index in [9.17, 15) is 13.2 Å². The predicted octanol–water partition coefficient (Wildman–Crippen LogP) is 1.50. The summed E-state index contributed by atoms with van der Waals surface area (Å²) in [5.74, 6) is -0.738. The van der Waals surface area contributed by atoms with Gasteiger partial charge in [-0.15, -0.1) is 11.3 Å². The smallest absolute Gasteiger partial charge is 0.323 e. The van der Waals surface area contributed by atoms with Crippen LogP contribution in [0.2, 0.25) is 0 Å². The van der Waals surface area contributed by atoms with Crippen LogP contribution in [-0.2, 0) is 19.4 Å². The summed E-state index contributed by atoms with van der Waals surface area (Å²) in [6, 6.07) is 8.69. The van der Waals surface area contributed by atoms with Crippen LogP contribution in [-0.4, -0.2) is 39.0 Å². The van der Waals surface area contributed by atoms with Crippen molar-refractivity contribution in [3.8, 4) is 0 Å². The average molecular weight is 325 g/mol. The number of hydrogen-bond acceptors (Lipinski definition) is 6. The van der Waals surface area contributed by atoms with E-state index < -0.39 is 21.8 Å². The highest BCUT2D eigenvalue weighted by molar-refractivity contribution is 7.91. The Bertz CT molecular complexity index is 748. The Morgan fingerprint density at radius 3 is 2.81 bits per heavy atom. The van der Waals surface area contributed by atoms with Crippen LogP contribution >= 0.6 is 11.3 Å². The largest absolute Gasteiger partial charge is 0.468 e. The molecule has 2 unspecified atom stereocenters. The minimum atomic E-state index is -3.28. The van der Waals surface area contributed by atoms with Gasteiger partial charge >= 0.3 is 5.97 Å². The van der Waals surface area contributed by atoms with Crippen molar-refractivity contribution in [2.24, 2.45) is 0 Å². The normalized spacial score (nSPS) is 24.8. The van der Waals surface area contributed by atoms with Crippen LogP contribution in [0.1, 0.15) is 10.9 Å². The Labute approximate surface area is 126 Å². The molecule has 2 aromatic rings. The number of rotatable bonds is 2. The van der Waals surface area contributed by atoms with Crippen molar-refractivity contribution in [1.29, 1.82) is 0 Å². The van der Waals surface area contributed by atoms with E-state index in [1.807, 2.05) is 30.3 Å². The molecule has 5 nitrogen and oxygen atoms in total. The molecule has 3 rings (SSSR count). The number of thiophene rings is 1. The van der Waals surface area contributed by atoms with Crippen LogP contribution < -0.4 is 5.32 Å². The number of methoxy groups -OCH3 is 1. The lowest BCUT2D eigenvalue weighted by molar-refractivity contribution is -0.142. The Morgan fingerprint density at radius 1 is 1.33 bits per heavy atom. The Kier molecular flexibility index (Phi) is 3.73. The molecule has 1 aliphatic heterocycles. The molecule has 112 valence electrons. The number of benzene rings is 1. The fraction of sp³-hybridized carbons (Fsp3) is 0.357. The minimum Gasteiger partial charge on any atom is -0.468 e. The first-order valence-corrected chi connectivity index (χ1v) is 9.15. The van der Waals surface area contributed by atoms with E-state index in [0.29, 0.717) is 0 Å². The molecule has 1 aliphatic rings. The topological polar surface area (TPSA) is 72.5 Å². The molecule has 2 atom stereocenters. The van der Waals surface area contributed by atoms with E-state index in [1.54, 1.807) is 11.3 Å². The molecule has 2 heterocycles. The Balaban J connectivity index is 1.94. The quantitative estimate of drug-likeness (QED) is 0.847. The van der Waals surface area contributed by atoms with Gasteiger partial charge in [-0.3, -0.25) is 10.1 Å². The maximum absolute atomic E-state index is 12.0. The molecular formula is C14H15NO4S2. The van der Waals surface area contributed by atoms with Gasteiger partial charge in [0.15, 0.2) is 9.84 Å². The lowest BCUT2D eigenvalue weighted by Gasteiger charge is -2.28. The molecule has 0 radical (unpaired) electrons. The van der Waals surface area contributed by atoms with Crippen LogP contribution in [0, 0.1) is 0 Å². The summed E-state index contributed by atoms with van der Waals surface area (Å²) in [6.45, 7) is 0. The van der Waals surface area contributed by atoms with Crippen molar-refractivity contribution in [2.75, 3.05) is 18.6 Å². The van der Waals surface area contributed by atoms with E-state index >= 15 is 0 Å². The number of hydrogen-bond donors (Lipinski definition) is 1. The van der Waals surface area contributed by atoms with Gasteiger partial charge in [0, 0.05) is 9.58 Å². The average Bonchev–Trinajstić information content (AvgIpc) is 2.88. The van der Waals surface area contributed by atoms with E-state index in [2.05, 4.69) is 10.1 Å². The molecule has 1 aromatic carbocycles. The molecular weight excluding hydrogens is 310 g/mol.